The molecule has 2 bridgehead atoms. The quantitative estimate of drug-likeness (QED) is 0.743. The molecular formula is C15H26N2O3S. The van der Waals surface area contributed by atoms with Crippen LogP contribution in [0.5, 0.6) is 0 Å². The van der Waals surface area contributed by atoms with Crippen molar-refractivity contribution in [3.63, 3.8) is 0 Å². The SMILES string of the molecule is O=C(NCCS(=O)(=O)NCC1CCC1)[C@H]1C[C@H]2CC[C@H]1C2. The zero-order valence-corrected chi connectivity index (χ0v) is 13.3. The molecule has 1 amide bonds. The van der Waals surface area contributed by atoms with Crippen LogP contribution in [0.1, 0.15) is 44.9 Å². The first-order chi connectivity index (χ1) is 10.0. The highest BCUT2D eigenvalue weighted by Crippen LogP contribution is 2.48. The molecule has 3 aliphatic rings. The second kappa shape index (κ2) is 6.24. The second-order valence-corrected chi connectivity index (χ2v) is 8.96. The van der Waals surface area contributed by atoms with Crippen LogP contribution in [0, 0.1) is 23.7 Å². The van der Waals surface area contributed by atoms with E-state index in [0.29, 0.717) is 18.4 Å². The summed E-state index contributed by atoms with van der Waals surface area (Å²) in [4.78, 5) is 12.1. The highest BCUT2D eigenvalue weighted by atomic mass is 32.2. The number of nitrogens with one attached hydrogen (secondary N) is 2. The molecule has 0 radical (unpaired) electrons. The van der Waals surface area contributed by atoms with E-state index in [2.05, 4.69) is 10.0 Å². The molecule has 3 atom stereocenters. The number of amides is 1. The molecule has 120 valence electrons. The van der Waals surface area contributed by atoms with E-state index in [1.54, 1.807) is 0 Å². The Bertz CT molecular complexity index is 487. The standard InChI is InChI=1S/C15H26N2O3S/c18-15(14-9-12-4-5-13(14)8-12)16-6-7-21(19,20)17-10-11-2-1-3-11/h11-14,17H,1-10H2,(H,16,18)/t12-,13-,14-/m0/s1. The van der Waals surface area contributed by atoms with Crippen LogP contribution in [-0.2, 0) is 14.8 Å². The topological polar surface area (TPSA) is 75.3 Å². The van der Waals surface area contributed by atoms with Gasteiger partial charge in [-0.15, -0.1) is 0 Å². The van der Waals surface area contributed by atoms with Gasteiger partial charge in [0.25, 0.3) is 0 Å². The molecule has 0 aromatic rings. The summed E-state index contributed by atoms with van der Waals surface area (Å²) in [5.74, 6) is 1.99. The van der Waals surface area contributed by atoms with Crippen LogP contribution in [0.4, 0.5) is 0 Å². The fraction of sp³-hybridized carbons (Fsp3) is 0.933. The highest BCUT2D eigenvalue weighted by molar-refractivity contribution is 7.89. The Labute approximate surface area is 127 Å². The Morgan fingerprint density at radius 3 is 2.48 bits per heavy atom. The maximum Gasteiger partial charge on any atom is 0.223 e. The third-order valence-corrected chi connectivity index (χ3v) is 6.91. The Balaban J connectivity index is 1.35. The normalized spacial score (nSPS) is 32.1. The molecule has 21 heavy (non-hydrogen) atoms. The summed E-state index contributed by atoms with van der Waals surface area (Å²) in [5.41, 5.74) is 0. The van der Waals surface area contributed by atoms with E-state index < -0.39 is 10.0 Å². The smallest absolute Gasteiger partial charge is 0.223 e. The number of carbonyl (C=O) groups excluding carboxylic acids is 1. The van der Waals surface area contributed by atoms with Crippen LogP contribution in [0.2, 0.25) is 0 Å². The molecule has 0 saturated heterocycles. The summed E-state index contributed by atoms with van der Waals surface area (Å²) in [6.07, 6.45) is 8.11. The van der Waals surface area contributed by atoms with Gasteiger partial charge in [-0.25, -0.2) is 13.1 Å². The van der Waals surface area contributed by atoms with Crippen LogP contribution in [0.25, 0.3) is 0 Å². The van der Waals surface area contributed by atoms with Gasteiger partial charge in [-0.05, 0) is 49.9 Å². The maximum atomic E-state index is 12.1. The Morgan fingerprint density at radius 2 is 1.90 bits per heavy atom. The molecule has 0 spiro atoms. The van der Waals surface area contributed by atoms with Gasteiger partial charge in [-0.3, -0.25) is 4.79 Å². The molecular weight excluding hydrogens is 288 g/mol. The van der Waals surface area contributed by atoms with Gasteiger partial charge in [0.2, 0.25) is 15.9 Å². The van der Waals surface area contributed by atoms with Gasteiger partial charge in [0.1, 0.15) is 0 Å². The zero-order chi connectivity index (χ0) is 14.9. The first kappa shape index (κ1) is 15.3. The number of hydrogen-bond donors (Lipinski definition) is 2. The van der Waals surface area contributed by atoms with Gasteiger partial charge < -0.3 is 5.32 Å². The van der Waals surface area contributed by atoms with Crippen molar-refractivity contribution in [1.82, 2.24) is 10.0 Å². The average Bonchev–Trinajstić information content (AvgIpc) is 2.98. The maximum absolute atomic E-state index is 12.1. The van der Waals surface area contributed by atoms with E-state index in [9.17, 15) is 13.2 Å². The molecule has 6 heteroatoms. The molecule has 0 aliphatic heterocycles. The summed E-state index contributed by atoms with van der Waals surface area (Å²) in [6.45, 7) is 0.787. The summed E-state index contributed by atoms with van der Waals surface area (Å²) < 4.78 is 26.3. The van der Waals surface area contributed by atoms with E-state index in [4.69, 9.17) is 0 Å². The summed E-state index contributed by atoms with van der Waals surface area (Å²) in [5, 5.41) is 2.82. The fourth-order valence-electron chi connectivity index (χ4n) is 4.02. The Kier molecular flexibility index (Phi) is 4.54. The summed E-state index contributed by atoms with van der Waals surface area (Å²) >= 11 is 0. The van der Waals surface area contributed by atoms with E-state index in [-0.39, 0.29) is 24.1 Å². The van der Waals surface area contributed by atoms with Crippen molar-refractivity contribution >= 4 is 15.9 Å². The van der Waals surface area contributed by atoms with Crippen LogP contribution < -0.4 is 10.0 Å². The minimum Gasteiger partial charge on any atom is -0.355 e. The highest BCUT2D eigenvalue weighted by Gasteiger charge is 2.42. The first-order valence-corrected chi connectivity index (χ1v) is 9.94. The van der Waals surface area contributed by atoms with Crippen molar-refractivity contribution in [3.8, 4) is 0 Å². The first-order valence-electron chi connectivity index (χ1n) is 8.28. The van der Waals surface area contributed by atoms with Gasteiger partial charge in [-0.1, -0.05) is 12.8 Å². The lowest BCUT2D eigenvalue weighted by Crippen LogP contribution is -2.40. The van der Waals surface area contributed by atoms with Crippen molar-refractivity contribution in [3.05, 3.63) is 0 Å². The van der Waals surface area contributed by atoms with Crippen molar-refractivity contribution < 1.29 is 13.2 Å². The Hall–Kier alpha value is -0.620. The minimum absolute atomic E-state index is 0.00766. The largest absolute Gasteiger partial charge is 0.355 e. The van der Waals surface area contributed by atoms with E-state index in [1.807, 2.05) is 0 Å². The lowest BCUT2D eigenvalue weighted by Gasteiger charge is -2.25. The molecule has 0 aromatic heterocycles. The van der Waals surface area contributed by atoms with Gasteiger partial charge in [-0.2, -0.15) is 0 Å². The molecule has 0 unspecified atom stereocenters. The van der Waals surface area contributed by atoms with Gasteiger partial charge >= 0.3 is 0 Å². The van der Waals surface area contributed by atoms with E-state index in [1.165, 1.54) is 25.7 Å². The van der Waals surface area contributed by atoms with Gasteiger partial charge in [0, 0.05) is 19.0 Å². The van der Waals surface area contributed by atoms with Gasteiger partial charge in [0.15, 0.2) is 0 Å². The van der Waals surface area contributed by atoms with E-state index >= 15 is 0 Å². The lowest BCUT2D eigenvalue weighted by molar-refractivity contribution is -0.126. The summed E-state index contributed by atoms with van der Waals surface area (Å²) in [7, 11) is -3.25. The van der Waals surface area contributed by atoms with Crippen LogP contribution in [0.15, 0.2) is 0 Å². The third-order valence-electron chi connectivity index (χ3n) is 5.56. The van der Waals surface area contributed by atoms with Crippen molar-refractivity contribution in [1.29, 1.82) is 0 Å². The molecule has 0 aromatic carbocycles. The molecule has 5 nitrogen and oxygen atoms in total. The number of fused-ring (bicyclic) bond motifs is 2. The molecule has 0 heterocycles. The van der Waals surface area contributed by atoms with Crippen LogP contribution in [0.3, 0.4) is 0 Å². The number of carbonyl (C=O) groups is 1. The molecule has 3 saturated carbocycles. The second-order valence-electron chi connectivity index (χ2n) is 7.04. The minimum atomic E-state index is -3.25. The predicted molar refractivity (Wildman–Crippen MR) is 81.1 cm³/mol. The zero-order valence-electron chi connectivity index (χ0n) is 12.5. The van der Waals surface area contributed by atoms with E-state index in [0.717, 1.165) is 25.2 Å². The number of sulfonamides is 1. The lowest BCUT2D eigenvalue weighted by atomic mass is 9.86. The van der Waals surface area contributed by atoms with Crippen molar-refractivity contribution in [2.45, 2.75) is 44.9 Å². The Morgan fingerprint density at radius 1 is 1.10 bits per heavy atom. The summed E-state index contributed by atoms with van der Waals surface area (Å²) in [6, 6.07) is 0. The van der Waals surface area contributed by atoms with Crippen LogP contribution >= 0.6 is 0 Å². The molecule has 2 N–H and O–H groups in total. The molecule has 3 fully saturated rings. The average molecular weight is 314 g/mol. The molecule has 3 aliphatic carbocycles. The van der Waals surface area contributed by atoms with Crippen molar-refractivity contribution in [2.24, 2.45) is 23.7 Å². The van der Waals surface area contributed by atoms with Crippen molar-refractivity contribution in [2.75, 3.05) is 18.8 Å². The fourth-order valence-corrected chi connectivity index (χ4v) is 5.02. The number of hydrogen-bond acceptors (Lipinski definition) is 3. The van der Waals surface area contributed by atoms with Crippen LogP contribution in [-0.4, -0.2) is 33.2 Å². The number of rotatable bonds is 7. The predicted octanol–water partition coefficient (Wildman–Crippen LogP) is 1.26. The monoisotopic (exact) mass is 314 g/mol. The third kappa shape index (κ3) is 3.77. The van der Waals surface area contributed by atoms with Gasteiger partial charge in [0.05, 0.1) is 5.75 Å². The molecule has 3 rings (SSSR count).